The summed E-state index contributed by atoms with van der Waals surface area (Å²) >= 11 is 4.67. The van der Waals surface area contributed by atoms with Crippen LogP contribution in [0.1, 0.15) is 48.6 Å². The highest BCUT2D eigenvalue weighted by Crippen LogP contribution is 2.30. The first-order chi connectivity index (χ1) is 12.0. The van der Waals surface area contributed by atoms with Crippen molar-refractivity contribution in [3.8, 4) is 12.3 Å². The summed E-state index contributed by atoms with van der Waals surface area (Å²) in [6.07, 6.45) is 5.49. The molecule has 5 heteroatoms. The number of amides is 1. The fourth-order valence-electron chi connectivity index (χ4n) is 3.35. The van der Waals surface area contributed by atoms with Crippen LogP contribution in [-0.2, 0) is 11.3 Å². The monoisotopic (exact) mass is 374 g/mol. The van der Waals surface area contributed by atoms with Crippen molar-refractivity contribution >= 4 is 18.7 Å². The lowest BCUT2D eigenvalue weighted by Crippen LogP contribution is -2.49. The molecular formula is C21H30N2O2S. The van der Waals surface area contributed by atoms with Gasteiger partial charge in [0, 0.05) is 43.2 Å². The van der Waals surface area contributed by atoms with Gasteiger partial charge in [0.25, 0.3) is 0 Å². The van der Waals surface area contributed by atoms with Crippen molar-refractivity contribution in [3.63, 3.8) is 0 Å². The van der Waals surface area contributed by atoms with Crippen LogP contribution in [0.15, 0.2) is 4.90 Å². The Labute approximate surface area is 163 Å². The molecule has 26 heavy (non-hydrogen) atoms. The number of rotatable bonds is 2. The molecule has 1 amide bonds. The molecule has 1 aliphatic heterocycles. The van der Waals surface area contributed by atoms with Crippen molar-refractivity contribution in [2.75, 3.05) is 26.2 Å². The first-order valence-corrected chi connectivity index (χ1v) is 9.48. The lowest BCUT2D eigenvalue weighted by atomic mass is 9.93. The Morgan fingerprint density at radius 1 is 1.12 bits per heavy atom. The molecule has 1 aromatic carbocycles. The van der Waals surface area contributed by atoms with Gasteiger partial charge in [-0.05, 0) is 63.8 Å². The molecule has 0 bridgehead atoms. The van der Waals surface area contributed by atoms with E-state index in [2.05, 4.69) is 37.3 Å². The van der Waals surface area contributed by atoms with Crippen molar-refractivity contribution in [2.24, 2.45) is 0 Å². The van der Waals surface area contributed by atoms with E-state index in [0.717, 1.165) is 41.2 Å². The van der Waals surface area contributed by atoms with Crippen LogP contribution in [0.2, 0.25) is 0 Å². The number of piperazine rings is 1. The normalized spacial score (nSPS) is 15.7. The summed E-state index contributed by atoms with van der Waals surface area (Å²) in [4.78, 5) is 17.3. The molecule has 4 nitrogen and oxygen atoms in total. The Kier molecular flexibility index (Phi) is 6.31. The van der Waals surface area contributed by atoms with E-state index < -0.39 is 5.60 Å². The number of nitrogens with zero attached hydrogens (tertiary/aromatic N) is 2. The van der Waals surface area contributed by atoms with Gasteiger partial charge >= 0.3 is 6.09 Å². The maximum atomic E-state index is 12.2. The summed E-state index contributed by atoms with van der Waals surface area (Å²) in [6.45, 7) is 15.7. The molecule has 1 fully saturated rings. The van der Waals surface area contributed by atoms with E-state index in [1.807, 2.05) is 27.7 Å². The van der Waals surface area contributed by atoms with Gasteiger partial charge in [-0.2, -0.15) is 0 Å². The molecule has 0 saturated carbocycles. The quantitative estimate of drug-likeness (QED) is 0.629. The molecule has 0 N–H and O–H groups in total. The molecular weight excluding hydrogens is 344 g/mol. The van der Waals surface area contributed by atoms with Gasteiger partial charge in [0.2, 0.25) is 0 Å². The SMILES string of the molecule is C#Cc1c(C)c(S)c(C)c(CN2CCN(C(=O)OC(C)(C)C)CC2)c1C. The second-order valence-electron chi connectivity index (χ2n) is 7.97. The number of carbonyl (C=O) groups excluding carboxylic acids is 1. The van der Waals surface area contributed by atoms with E-state index in [1.54, 1.807) is 4.90 Å². The molecule has 1 heterocycles. The number of terminal acetylenes is 1. The Bertz CT molecular complexity index is 736. The van der Waals surface area contributed by atoms with Crippen LogP contribution in [0, 0.1) is 33.1 Å². The standard InChI is InChI=1S/C21H30N2O2S/c1-8-17-14(2)18(16(4)19(26)15(17)3)13-22-9-11-23(12-10-22)20(24)25-21(5,6)7/h1,26H,9-13H2,2-7H3. The Morgan fingerprint density at radius 2 is 1.69 bits per heavy atom. The van der Waals surface area contributed by atoms with Gasteiger partial charge in [-0.3, -0.25) is 4.90 Å². The maximum absolute atomic E-state index is 12.2. The second kappa shape index (κ2) is 7.94. The zero-order valence-corrected chi connectivity index (χ0v) is 17.7. The predicted molar refractivity (Wildman–Crippen MR) is 109 cm³/mol. The maximum Gasteiger partial charge on any atom is 0.410 e. The van der Waals surface area contributed by atoms with Crippen molar-refractivity contribution in [2.45, 2.75) is 58.6 Å². The minimum atomic E-state index is -0.459. The fourth-order valence-corrected chi connectivity index (χ4v) is 3.60. The third-order valence-corrected chi connectivity index (χ3v) is 5.59. The second-order valence-corrected chi connectivity index (χ2v) is 8.41. The zero-order valence-electron chi connectivity index (χ0n) is 16.8. The van der Waals surface area contributed by atoms with Crippen LogP contribution in [0.4, 0.5) is 4.79 Å². The van der Waals surface area contributed by atoms with Gasteiger partial charge in [0.1, 0.15) is 5.60 Å². The van der Waals surface area contributed by atoms with E-state index in [9.17, 15) is 4.79 Å². The summed E-state index contributed by atoms with van der Waals surface area (Å²) < 4.78 is 5.46. The summed E-state index contributed by atoms with van der Waals surface area (Å²) in [5.41, 5.74) is 5.16. The molecule has 1 aliphatic rings. The summed E-state index contributed by atoms with van der Waals surface area (Å²) in [6, 6.07) is 0. The van der Waals surface area contributed by atoms with E-state index >= 15 is 0 Å². The minimum absolute atomic E-state index is 0.230. The van der Waals surface area contributed by atoms with Gasteiger partial charge in [0.15, 0.2) is 0 Å². The Hall–Kier alpha value is -1.64. The molecule has 0 radical (unpaired) electrons. The molecule has 0 atom stereocenters. The minimum Gasteiger partial charge on any atom is -0.444 e. The topological polar surface area (TPSA) is 32.8 Å². The smallest absolute Gasteiger partial charge is 0.410 e. The highest BCUT2D eigenvalue weighted by molar-refractivity contribution is 7.80. The van der Waals surface area contributed by atoms with E-state index in [0.29, 0.717) is 13.1 Å². The highest BCUT2D eigenvalue weighted by Gasteiger charge is 2.26. The molecule has 2 rings (SSSR count). The van der Waals surface area contributed by atoms with Gasteiger partial charge in [-0.1, -0.05) is 5.92 Å². The largest absolute Gasteiger partial charge is 0.444 e. The van der Waals surface area contributed by atoms with Crippen LogP contribution in [-0.4, -0.2) is 47.7 Å². The first kappa shape index (κ1) is 20.7. The zero-order chi connectivity index (χ0) is 19.6. The summed E-state index contributed by atoms with van der Waals surface area (Å²) in [5, 5.41) is 0. The predicted octanol–water partition coefficient (Wildman–Crippen LogP) is 3.93. The van der Waals surface area contributed by atoms with Crippen LogP contribution >= 0.6 is 12.6 Å². The van der Waals surface area contributed by atoms with Gasteiger partial charge in [0.05, 0.1) is 0 Å². The van der Waals surface area contributed by atoms with Crippen molar-refractivity contribution in [1.82, 2.24) is 9.80 Å². The van der Waals surface area contributed by atoms with Crippen LogP contribution in [0.5, 0.6) is 0 Å². The van der Waals surface area contributed by atoms with E-state index in [1.165, 1.54) is 11.1 Å². The first-order valence-electron chi connectivity index (χ1n) is 9.03. The van der Waals surface area contributed by atoms with Crippen LogP contribution in [0.25, 0.3) is 0 Å². The lowest BCUT2D eigenvalue weighted by Gasteiger charge is -2.36. The van der Waals surface area contributed by atoms with Crippen molar-refractivity contribution in [1.29, 1.82) is 0 Å². The van der Waals surface area contributed by atoms with Crippen molar-refractivity contribution in [3.05, 3.63) is 27.8 Å². The number of hydrogen-bond donors (Lipinski definition) is 1. The summed E-state index contributed by atoms with van der Waals surface area (Å²) in [5.74, 6) is 2.82. The Morgan fingerprint density at radius 3 is 2.19 bits per heavy atom. The average molecular weight is 375 g/mol. The van der Waals surface area contributed by atoms with Crippen LogP contribution in [0.3, 0.4) is 0 Å². The van der Waals surface area contributed by atoms with Crippen LogP contribution < -0.4 is 0 Å². The number of thiol groups is 1. The molecule has 1 saturated heterocycles. The third kappa shape index (κ3) is 4.55. The average Bonchev–Trinajstić information content (AvgIpc) is 2.56. The van der Waals surface area contributed by atoms with Crippen molar-refractivity contribution < 1.29 is 9.53 Å². The highest BCUT2D eigenvalue weighted by atomic mass is 32.1. The van der Waals surface area contributed by atoms with E-state index in [-0.39, 0.29) is 6.09 Å². The third-order valence-electron chi connectivity index (χ3n) is 4.92. The molecule has 0 aromatic heterocycles. The van der Waals surface area contributed by atoms with E-state index in [4.69, 9.17) is 11.2 Å². The molecule has 0 aliphatic carbocycles. The number of ether oxygens (including phenoxy) is 1. The molecule has 142 valence electrons. The van der Waals surface area contributed by atoms with Gasteiger partial charge < -0.3 is 9.64 Å². The molecule has 0 unspecified atom stereocenters. The molecule has 1 aromatic rings. The van der Waals surface area contributed by atoms with Gasteiger partial charge in [-0.15, -0.1) is 19.1 Å². The molecule has 0 spiro atoms. The Balaban J connectivity index is 2.08. The number of carbonyl (C=O) groups is 1. The fraction of sp³-hybridized carbons (Fsp3) is 0.571. The number of benzene rings is 1. The van der Waals surface area contributed by atoms with Gasteiger partial charge in [-0.25, -0.2) is 4.79 Å². The number of hydrogen-bond acceptors (Lipinski definition) is 4. The summed E-state index contributed by atoms with van der Waals surface area (Å²) in [7, 11) is 0. The lowest BCUT2D eigenvalue weighted by molar-refractivity contribution is 0.0138.